The van der Waals surface area contributed by atoms with Gasteiger partial charge in [-0.25, -0.2) is 0 Å². The second-order valence-electron chi connectivity index (χ2n) is 14.2. The lowest BCUT2D eigenvalue weighted by Gasteiger charge is -2.45. The van der Waals surface area contributed by atoms with Gasteiger partial charge in [-0.1, -0.05) is 129 Å². The number of para-hydroxylation sites is 2. The summed E-state index contributed by atoms with van der Waals surface area (Å²) in [6.07, 6.45) is 0. The van der Waals surface area contributed by atoms with Crippen LogP contribution in [-0.4, -0.2) is 0 Å². The Morgan fingerprint density at radius 2 is 1.16 bits per heavy atom. The third-order valence-corrected chi connectivity index (χ3v) is 10.9. The molecule has 0 saturated heterocycles. The van der Waals surface area contributed by atoms with Crippen LogP contribution in [0.1, 0.15) is 30.5 Å². The fourth-order valence-corrected chi connectivity index (χ4v) is 8.40. The van der Waals surface area contributed by atoms with Crippen LogP contribution in [0.3, 0.4) is 0 Å². The van der Waals surface area contributed by atoms with Crippen LogP contribution >= 0.6 is 0 Å². The Balaban J connectivity index is 1.22. The first-order valence-corrected chi connectivity index (χ1v) is 17.7. The minimum absolute atomic E-state index is 0.287. The van der Waals surface area contributed by atoms with Gasteiger partial charge in [0.1, 0.15) is 0 Å². The van der Waals surface area contributed by atoms with Crippen molar-refractivity contribution in [3.63, 3.8) is 0 Å². The summed E-state index contributed by atoms with van der Waals surface area (Å²) in [6, 6.07) is 59.4. The van der Waals surface area contributed by atoms with Crippen molar-refractivity contribution in [1.29, 1.82) is 0 Å². The zero-order valence-electron chi connectivity index (χ0n) is 28.9. The quantitative estimate of drug-likeness (QED) is 0.175. The van der Waals surface area contributed by atoms with Crippen molar-refractivity contribution in [3.05, 3.63) is 180 Å². The van der Waals surface area contributed by atoms with Crippen LogP contribution in [0.25, 0.3) is 32.7 Å². The number of fused-ring (bicyclic) bond motifs is 7. The van der Waals surface area contributed by atoms with E-state index in [1.807, 2.05) is 0 Å². The Hall–Kier alpha value is -6.32. The van der Waals surface area contributed by atoms with Gasteiger partial charge in [-0.15, -0.1) is 0 Å². The molecular formula is C48H36N2O. The highest BCUT2D eigenvalue weighted by molar-refractivity contribution is 6.14. The standard InChI is InChI=1S/C48H36N2O/c1-31-13-11-21-44-46(31)50-42-28-27-36(30-41(42)48(2,3)40-20-12-22-45(51-44)47(40)50)49(35-25-23-33(24-26-35)32-14-5-4-6-15-32)43-29-34-16-7-8-17-37(34)38-18-9-10-19-39(38)43/h4-30H,1-3H3. The summed E-state index contributed by atoms with van der Waals surface area (Å²) in [7, 11) is 0. The molecule has 0 radical (unpaired) electrons. The Labute approximate surface area is 298 Å². The normalized spacial score (nSPS) is 13.7. The summed E-state index contributed by atoms with van der Waals surface area (Å²) in [6.45, 7) is 6.87. The Bertz CT molecular complexity index is 2660. The van der Waals surface area contributed by atoms with Crippen molar-refractivity contribution in [3.8, 4) is 22.6 Å². The third kappa shape index (κ3) is 4.44. The van der Waals surface area contributed by atoms with Crippen molar-refractivity contribution in [2.45, 2.75) is 26.2 Å². The highest BCUT2D eigenvalue weighted by Gasteiger charge is 2.42. The van der Waals surface area contributed by atoms with Gasteiger partial charge >= 0.3 is 0 Å². The van der Waals surface area contributed by atoms with E-state index in [1.165, 1.54) is 55.0 Å². The van der Waals surface area contributed by atoms with Gasteiger partial charge < -0.3 is 14.5 Å². The molecule has 3 heteroatoms. The first-order chi connectivity index (χ1) is 25.0. The van der Waals surface area contributed by atoms with E-state index in [4.69, 9.17) is 4.74 Å². The average Bonchev–Trinajstić information content (AvgIpc) is 3.17. The van der Waals surface area contributed by atoms with Crippen LogP contribution in [0.4, 0.5) is 34.1 Å². The summed E-state index contributed by atoms with van der Waals surface area (Å²) in [5.74, 6) is 1.79. The Morgan fingerprint density at radius 3 is 1.96 bits per heavy atom. The number of ether oxygens (including phenoxy) is 1. The molecule has 0 saturated carbocycles. The van der Waals surface area contributed by atoms with Gasteiger partial charge in [0.25, 0.3) is 0 Å². The number of hydrogen-bond donors (Lipinski definition) is 0. The summed E-state index contributed by atoms with van der Waals surface area (Å²) in [5, 5.41) is 4.94. The second-order valence-corrected chi connectivity index (χ2v) is 14.2. The molecular weight excluding hydrogens is 621 g/mol. The minimum atomic E-state index is -0.287. The molecule has 2 heterocycles. The maximum absolute atomic E-state index is 6.56. The van der Waals surface area contributed by atoms with E-state index in [9.17, 15) is 0 Å². The molecule has 0 fully saturated rings. The van der Waals surface area contributed by atoms with E-state index in [0.717, 1.165) is 39.9 Å². The van der Waals surface area contributed by atoms with Crippen LogP contribution in [0.15, 0.2) is 164 Å². The minimum Gasteiger partial charge on any atom is -0.453 e. The fraction of sp³-hybridized carbons (Fsp3) is 0.0833. The van der Waals surface area contributed by atoms with Crippen LogP contribution in [0, 0.1) is 6.92 Å². The molecule has 0 bridgehead atoms. The smallest absolute Gasteiger partial charge is 0.151 e. The molecule has 8 aromatic rings. The van der Waals surface area contributed by atoms with Gasteiger partial charge in [0.2, 0.25) is 0 Å². The molecule has 0 atom stereocenters. The third-order valence-electron chi connectivity index (χ3n) is 10.9. The van der Waals surface area contributed by atoms with Crippen molar-refractivity contribution in [2.24, 2.45) is 0 Å². The largest absolute Gasteiger partial charge is 0.453 e. The zero-order chi connectivity index (χ0) is 34.3. The maximum Gasteiger partial charge on any atom is 0.151 e. The van der Waals surface area contributed by atoms with E-state index >= 15 is 0 Å². The summed E-state index contributed by atoms with van der Waals surface area (Å²) in [5.41, 5.74) is 12.7. The highest BCUT2D eigenvalue weighted by atomic mass is 16.5. The molecule has 0 aliphatic carbocycles. The predicted molar refractivity (Wildman–Crippen MR) is 213 cm³/mol. The van der Waals surface area contributed by atoms with Crippen molar-refractivity contribution >= 4 is 55.7 Å². The molecule has 0 unspecified atom stereocenters. The van der Waals surface area contributed by atoms with Gasteiger partial charge in [-0.05, 0) is 99.4 Å². The highest BCUT2D eigenvalue weighted by Crippen LogP contribution is 2.61. The number of rotatable bonds is 4. The monoisotopic (exact) mass is 656 g/mol. The number of anilines is 6. The van der Waals surface area contributed by atoms with E-state index in [-0.39, 0.29) is 5.41 Å². The number of nitrogens with zero attached hydrogens (tertiary/aromatic N) is 2. The van der Waals surface area contributed by atoms with Crippen molar-refractivity contribution < 1.29 is 4.74 Å². The van der Waals surface area contributed by atoms with Gasteiger partial charge in [0.15, 0.2) is 11.5 Å². The molecule has 2 aliphatic heterocycles. The summed E-state index contributed by atoms with van der Waals surface area (Å²) in [4.78, 5) is 4.89. The number of aryl methyl sites for hydroxylation is 1. The van der Waals surface area contributed by atoms with Crippen LogP contribution in [0.2, 0.25) is 0 Å². The molecule has 10 rings (SSSR count). The van der Waals surface area contributed by atoms with E-state index in [2.05, 4.69) is 194 Å². The molecule has 8 aromatic carbocycles. The van der Waals surface area contributed by atoms with E-state index in [1.54, 1.807) is 0 Å². The Kier molecular flexibility index (Phi) is 6.44. The molecule has 0 aromatic heterocycles. The van der Waals surface area contributed by atoms with Crippen LogP contribution in [-0.2, 0) is 5.41 Å². The molecule has 0 N–H and O–H groups in total. The maximum atomic E-state index is 6.56. The lowest BCUT2D eigenvalue weighted by Crippen LogP contribution is -2.32. The number of benzene rings is 8. The van der Waals surface area contributed by atoms with Gasteiger partial charge in [0, 0.05) is 22.2 Å². The van der Waals surface area contributed by atoms with Crippen molar-refractivity contribution in [1.82, 2.24) is 0 Å². The van der Waals surface area contributed by atoms with E-state index in [0.29, 0.717) is 0 Å². The SMILES string of the molecule is Cc1cccc2c1N1c3ccc(N(c4ccc(-c5ccccc5)cc4)c4cc5ccccc5c5ccccc45)cc3C(C)(C)c3cccc(c31)O2. The Morgan fingerprint density at radius 1 is 0.510 bits per heavy atom. The topological polar surface area (TPSA) is 15.7 Å². The lowest BCUT2D eigenvalue weighted by atomic mass is 9.73. The zero-order valence-corrected chi connectivity index (χ0v) is 28.9. The predicted octanol–water partition coefficient (Wildman–Crippen LogP) is 13.7. The van der Waals surface area contributed by atoms with Crippen LogP contribution in [0.5, 0.6) is 11.5 Å². The fourth-order valence-electron chi connectivity index (χ4n) is 8.40. The van der Waals surface area contributed by atoms with Gasteiger partial charge in [-0.3, -0.25) is 0 Å². The molecule has 3 nitrogen and oxygen atoms in total. The lowest BCUT2D eigenvalue weighted by molar-refractivity contribution is 0.471. The van der Waals surface area contributed by atoms with E-state index < -0.39 is 0 Å². The first kappa shape index (κ1) is 29.6. The molecule has 0 amide bonds. The summed E-state index contributed by atoms with van der Waals surface area (Å²) >= 11 is 0. The van der Waals surface area contributed by atoms with Crippen LogP contribution < -0.4 is 14.5 Å². The summed E-state index contributed by atoms with van der Waals surface area (Å²) < 4.78 is 6.56. The molecule has 51 heavy (non-hydrogen) atoms. The second kappa shape index (κ2) is 11.1. The molecule has 244 valence electrons. The number of hydrogen-bond acceptors (Lipinski definition) is 3. The first-order valence-electron chi connectivity index (χ1n) is 17.7. The molecule has 2 aliphatic rings. The van der Waals surface area contributed by atoms with Crippen molar-refractivity contribution in [2.75, 3.05) is 9.80 Å². The van der Waals surface area contributed by atoms with Gasteiger partial charge in [0.05, 0.1) is 22.7 Å². The van der Waals surface area contributed by atoms with Gasteiger partial charge in [-0.2, -0.15) is 0 Å². The molecule has 0 spiro atoms. The average molecular weight is 657 g/mol.